The smallest absolute Gasteiger partial charge is 0.189 e. The van der Waals surface area contributed by atoms with Crippen molar-refractivity contribution in [3.8, 4) is 0 Å². The van der Waals surface area contributed by atoms with E-state index in [2.05, 4.69) is 20.5 Å². The van der Waals surface area contributed by atoms with Crippen LogP contribution in [0.5, 0.6) is 0 Å². The molecule has 1 saturated heterocycles. The molecule has 0 spiro atoms. The van der Waals surface area contributed by atoms with Crippen molar-refractivity contribution < 1.29 is 14.3 Å². The molecular weight excluding hydrogens is 310 g/mol. The van der Waals surface area contributed by atoms with E-state index in [1.54, 1.807) is 0 Å². The molecule has 4 rings (SSSR count). The monoisotopic (exact) mass is 321 g/mol. The first kappa shape index (κ1) is 11.6. The molecule has 1 aromatic carbocycles. The van der Waals surface area contributed by atoms with Crippen molar-refractivity contribution in [2.75, 3.05) is 0 Å². The van der Waals surface area contributed by atoms with Crippen LogP contribution in [0.1, 0.15) is 17.4 Å². The van der Waals surface area contributed by atoms with Gasteiger partial charge in [-0.2, -0.15) is 0 Å². The van der Waals surface area contributed by atoms with Crippen molar-refractivity contribution in [1.82, 2.24) is 4.57 Å². The normalized spacial score (nSPS) is 29.6. The fourth-order valence-electron chi connectivity index (χ4n) is 2.90. The van der Waals surface area contributed by atoms with Crippen LogP contribution in [0.25, 0.3) is 10.9 Å². The minimum Gasteiger partial charge on any atom is -0.337 e. The zero-order valence-corrected chi connectivity index (χ0v) is 11.9. The van der Waals surface area contributed by atoms with E-state index in [-0.39, 0.29) is 24.3 Å². The Morgan fingerprint density at radius 2 is 2.11 bits per heavy atom. The second-order valence-electron chi connectivity index (χ2n) is 5.02. The van der Waals surface area contributed by atoms with E-state index in [4.69, 9.17) is 9.47 Å². The van der Waals surface area contributed by atoms with Crippen LogP contribution in [-0.2, 0) is 16.0 Å². The molecule has 2 aliphatic heterocycles. The number of hydrogen-bond acceptors (Lipinski definition) is 3. The standard InChI is InChI=1S/C14H12BrNO3/c1-7-18-14(19-7)10-6-16-11-3-2-9(15)4-8(11)5-12(16)13(10)17/h2-5,7,10,14H,6H2,1H3. The lowest BCUT2D eigenvalue weighted by atomic mass is 10.0. The van der Waals surface area contributed by atoms with Crippen LogP contribution in [0.4, 0.5) is 0 Å². The Hall–Kier alpha value is -1.17. The van der Waals surface area contributed by atoms with Crippen LogP contribution in [0.15, 0.2) is 28.7 Å². The molecule has 0 N–H and O–H groups in total. The van der Waals surface area contributed by atoms with Crippen LogP contribution >= 0.6 is 15.9 Å². The number of hydrogen-bond donors (Lipinski definition) is 0. The number of fused-ring (bicyclic) bond motifs is 3. The van der Waals surface area contributed by atoms with E-state index < -0.39 is 0 Å². The van der Waals surface area contributed by atoms with E-state index >= 15 is 0 Å². The Bertz CT molecular complexity index is 687. The van der Waals surface area contributed by atoms with Gasteiger partial charge in [-0.15, -0.1) is 0 Å². The van der Waals surface area contributed by atoms with Crippen molar-refractivity contribution >= 4 is 32.6 Å². The Labute approximate surface area is 118 Å². The highest BCUT2D eigenvalue weighted by Crippen LogP contribution is 2.35. The van der Waals surface area contributed by atoms with Crippen LogP contribution in [-0.4, -0.2) is 22.9 Å². The largest absolute Gasteiger partial charge is 0.337 e. The van der Waals surface area contributed by atoms with Crippen molar-refractivity contribution in [3.63, 3.8) is 0 Å². The number of ketones is 1. The lowest BCUT2D eigenvalue weighted by Crippen LogP contribution is -2.46. The Balaban J connectivity index is 1.74. The molecule has 3 heterocycles. The Morgan fingerprint density at radius 3 is 2.84 bits per heavy atom. The van der Waals surface area contributed by atoms with Crippen molar-refractivity contribution in [2.24, 2.45) is 5.92 Å². The summed E-state index contributed by atoms with van der Waals surface area (Å²) in [5.41, 5.74) is 1.84. The number of aromatic nitrogens is 1. The molecule has 0 bridgehead atoms. The summed E-state index contributed by atoms with van der Waals surface area (Å²) in [6.45, 7) is 2.47. The predicted octanol–water partition coefficient (Wildman–Crippen LogP) is 2.94. The van der Waals surface area contributed by atoms with Gasteiger partial charge in [0.15, 0.2) is 18.4 Å². The quantitative estimate of drug-likeness (QED) is 0.810. The van der Waals surface area contributed by atoms with Gasteiger partial charge in [-0.1, -0.05) is 15.9 Å². The van der Waals surface area contributed by atoms with E-state index in [9.17, 15) is 4.79 Å². The second-order valence-corrected chi connectivity index (χ2v) is 5.94. The molecule has 5 heteroatoms. The number of halogens is 1. The lowest BCUT2D eigenvalue weighted by molar-refractivity contribution is -0.386. The van der Waals surface area contributed by atoms with Crippen LogP contribution in [0.2, 0.25) is 0 Å². The molecule has 19 heavy (non-hydrogen) atoms. The summed E-state index contributed by atoms with van der Waals surface area (Å²) >= 11 is 3.45. The number of Topliss-reactive ketones (excluding diaryl/α,β-unsaturated/α-hetero) is 1. The third kappa shape index (κ3) is 1.62. The molecule has 2 aliphatic rings. The van der Waals surface area contributed by atoms with Crippen molar-refractivity contribution in [1.29, 1.82) is 0 Å². The van der Waals surface area contributed by atoms with Crippen LogP contribution < -0.4 is 0 Å². The average molecular weight is 322 g/mol. The van der Waals surface area contributed by atoms with Crippen LogP contribution in [0.3, 0.4) is 0 Å². The van der Waals surface area contributed by atoms with Crippen molar-refractivity contribution in [3.05, 3.63) is 34.4 Å². The second kappa shape index (κ2) is 3.91. The minimum atomic E-state index is -0.382. The molecule has 1 aromatic heterocycles. The molecule has 2 aromatic rings. The molecule has 0 saturated carbocycles. The summed E-state index contributed by atoms with van der Waals surface area (Å²) in [5, 5.41) is 1.08. The number of ether oxygens (including phenoxy) is 2. The maximum absolute atomic E-state index is 12.4. The summed E-state index contributed by atoms with van der Waals surface area (Å²) in [4.78, 5) is 12.4. The summed E-state index contributed by atoms with van der Waals surface area (Å²) < 4.78 is 14.0. The van der Waals surface area contributed by atoms with Gasteiger partial charge in [0.2, 0.25) is 0 Å². The molecule has 0 amide bonds. The topological polar surface area (TPSA) is 40.5 Å². The van der Waals surface area contributed by atoms with Gasteiger partial charge in [0.1, 0.15) is 0 Å². The van der Waals surface area contributed by atoms with Gasteiger partial charge in [0.05, 0.1) is 11.6 Å². The van der Waals surface area contributed by atoms with E-state index in [1.165, 1.54) is 0 Å². The summed E-state index contributed by atoms with van der Waals surface area (Å²) in [6, 6.07) is 8.00. The van der Waals surface area contributed by atoms with Crippen LogP contribution in [0, 0.1) is 5.92 Å². The molecule has 0 aliphatic carbocycles. The number of benzene rings is 1. The maximum Gasteiger partial charge on any atom is 0.189 e. The highest BCUT2D eigenvalue weighted by atomic mass is 79.9. The number of rotatable bonds is 1. The molecule has 1 fully saturated rings. The zero-order valence-electron chi connectivity index (χ0n) is 10.3. The van der Waals surface area contributed by atoms with Crippen molar-refractivity contribution in [2.45, 2.75) is 26.0 Å². The van der Waals surface area contributed by atoms with Gasteiger partial charge in [0, 0.05) is 21.9 Å². The van der Waals surface area contributed by atoms with E-state index in [0.717, 1.165) is 21.1 Å². The average Bonchev–Trinajstić information content (AvgIpc) is 2.83. The maximum atomic E-state index is 12.4. The fraction of sp³-hybridized carbons (Fsp3) is 0.357. The summed E-state index contributed by atoms with van der Waals surface area (Å²) in [6.07, 6.45) is -0.571. The van der Waals surface area contributed by atoms with E-state index in [0.29, 0.717) is 6.54 Å². The summed E-state index contributed by atoms with van der Waals surface area (Å²) in [7, 11) is 0. The van der Waals surface area contributed by atoms with Gasteiger partial charge < -0.3 is 14.0 Å². The highest BCUT2D eigenvalue weighted by molar-refractivity contribution is 9.10. The molecule has 98 valence electrons. The number of nitrogens with zero attached hydrogens (tertiary/aromatic N) is 1. The first-order valence-electron chi connectivity index (χ1n) is 6.27. The zero-order chi connectivity index (χ0) is 13.1. The van der Waals surface area contributed by atoms with Gasteiger partial charge in [-0.05, 0) is 31.2 Å². The van der Waals surface area contributed by atoms with Gasteiger partial charge in [-0.25, -0.2) is 0 Å². The predicted molar refractivity (Wildman–Crippen MR) is 72.9 cm³/mol. The summed E-state index contributed by atoms with van der Waals surface area (Å²) in [5.74, 6) is -0.0940. The van der Waals surface area contributed by atoms with Gasteiger partial charge in [-0.3, -0.25) is 4.79 Å². The molecule has 4 nitrogen and oxygen atoms in total. The lowest BCUT2D eigenvalue weighted by Gasteiger charge is -2.36. The molecule has 1 unspecified atom stereocenters. The third-order valence-electron chi connectivity index (χ3n) is 3.81. The SMILES string of the molecule is CC1OC(C2Cn3c(cc4cc(Br)ccc43)C2=O)O1. The van der Waals surface area contributed by atoms with E-state index in [1.807, 2.05) is 31.2 Å². The highest BCUT2D eigenvalue weighted by Gasteiger charge is 2.44. The number of carbonyl (C=O) groups is 1. The Morgan fingerprint density at radius 1 is 1.32 bits per heavy atom. The minimum absolute atomic E-state index is 0.115. The van der Waals surface area contributed by atoms with Gasteiger partial charge >= 0.3 is 0 Å². The first-order chi connectivity index (χ1) is 9.13. The molecular formula is C14H12BrNO3. The third-order valence-corrected chi connectivity index (χ3v) is 4.31. The molecule has 0 radical (unpaired) electrons. The first-order valence-corrected chi connectivity index (χ1v) is 7.07. The molecule has 1 atom stereocenters. The number of carbonyl (C=O) groups excluding carboxylic acids is 1. The Kier molecular flexibility index (Phi) is 2.40. The fourth-order valence-corrected chi connectivity index (χ4v) is 3.28. The van der Waals surface area contributed by atoms with Gasteiger partial charge in [0.25, 0.3) is 0 Å².